The fourth-order valence-electron chi connectivity index (χ4n) is 2.75. The zero-order valence-corrected chi connectivity index (χ0v) is 15.9. The standard InChI is InChI=1S/C18H22N6O4/c1-11(2)19-18(27)20-13-6-4-12(5-7-13)16(25)23-8-14(9-23)24-10-15(21-22-24)17(26)28-3/h4-7,10-11,14H,8-9H2,1-3H3,(H2,19,20,27). The van der Waals surface area contributed by atoms with Gasteiger partial charge < -0.3 is 20.3 Å². The molecule has 1 aliphatic heterocycles. The smallest absolute Gasteiger partial charge is 0.360 e. The number of hydrogen-bond donors (Lipinski definition) is 2. The van der Waals surface area contributed by atoms with Crippen LogP contribution in [0.3, 0.4) is 0 Å². The number of nitrogens with one attached hydrogen (secondary N) is 2. The minimum atomic E-state index is -0.547. The summed E-state index contributed by atoms with van der Waals surface area (Å²) in [6, 6.07) is 6.43. The lowest BCUT2D eigenvalue weighted by atomic mass is 10.1. The number of amides is 3. The molecule has 0 aliphatic carbocycles. The molecule has 0 radical (unpaired) electrons. The molecule has 1 aromatic heterocycles. The molecule has 1 aliphatic rings. The first-order valence-electron chi connectivity index (χ1n) is 8.84. The number of hydrogen-bond acceptors (Lipinski definition) is 6. The van der Waals surface area contributed by atoms with Crippen molar-refractivity contribution in [3.05, 3.63) is 41.7 Å². The number of nitrogens with zero attached hydrogens (tertiary/aromatic N) is 4. The number of rotatable bonds is 5. The Labute approximate surface area is 161 Å². The number of urea groups is 1. The number of carbonyl (C=O) groups is 3. The Kier molecular flexibility index (Phi) is 5.57. The van der Waals surface area contributed by atoms with Crippen LogP contribution in [0.25, 0.3) is 0 Å². The summed E-state index contributed by atoms with van der Waals surface area (Å²) in [6.07, 6.45) is 1.51. The van der Waals surface area contributed by atoms with Crippen molar-refractivity contribution in [3.8, 4) is 0 Å². The van der Waals surface area contributed by atoms with Crippen molar-refractivity contribution in [2.45, 2.75) is 25.9 Å². The molecule has 1 fully saturated rings. The average molecular weight is 386 g/mol. The minimum Gasteiger partial charge on any atom is -0.464 e. The number of benzene rings is 1. The molecule has 0 spiro atoms. The fraction of sp³-hybridized carbons (Fsp3) is 0.389. The number of aromatic nitrogens is 3. The summed E-state index contributed by atoms with van der Waals surface area (Å²) in [4.78, 5) is 37.4. The van der Waals surface area contributed by atoms with Crippen LogP contribution in [0.4, 0.5) is 10.5 Å². The Morgan fingerprint density at radius 2 is 1.86 bits per heavy atom. The van der Waals surface area contributed by atoms with Crippen molar-refractivity contribution in [3.63, 3.8) is 0 Å². The van der Waals surface area contributed by atoms with Crippen LogP contribution in [0.2, 0.25) is 0 Å². The summed E-state index contributed by atoms with van der Waals surface area (Å²) in [7, 11) is 1.28. The van der Waals surface area contributed by atoms with Crippen molar-refractivity contribution in [1.82, 2.24) is 25.2 Å². The molecule has 0 bridgehead atoms. The van der Waals surface area contributed by atoms with Crippen molar-refractivity contribution < 1.29 is 19.1 Å². The zero-order chi connectivity index (χ0) is 20.3. The maximum Gasteiger partial charge on any atom is 0.360 e. The van der Waals surface area contributed by atoms with Gasteiger partial charge in [0.25, 0.3) is 5.91 Å². The third kappa shape index (κ3) is 4.27. The van der Waals surface area contributed by atoms with Crippen molar-refractivity contribution in [2.24, 2.45) is 0 Å². The molecular weight excluding hydrogens is 364 g/mol. The monoisotopic (exact) mass is 386 g/mol. The molecule has 2 aromatic rings. The molecule has 1 aromatic carbocycles. The normalized spacial score (nSPS) is 13.8. The van der Waals surface area contributed by atoms with E-state index in [4.69, 9.17) is 0 Å². The van der Waals surface area contributed by atoms with Gasteiger partial charge in [-0.25, -0.2) is 14.3 Å². The zero-order valence-electron chi connectivity index (χ0n) is 15.9. The lowest BCUT2D eigenvalue weighted by molar-refractivity contribution is 0.0496. The Morgan fingerprint density at radius 1 is 1.18 bits per heavy atom. The first-order chi connectivity index (χ1) is 13.4. The molecule has 1 saturated heterocycles. The predicted octanol–water partition coefficient (Wildman–Crippen LogP) is 1.29. The van der Waals surface area contributed by atoms with Gasteiger partial charge in [0.1, 0.15) is 0 Å². The van der Waals surface area contributed by atoms with E-state index in [-0.39, 0.29) is 29.7 Å². The van der Waals surface area contributed by atoms with Gasteiger partial charge in [0.15, 0.2) is 5.69 Å². The Hall–Kier alpha value is -3.43. The van der Waals surface area contributed by atoms with Crippen LogP contribution in [0.1, 0.15) is 40.7 Å². The SMILES string of the molecule is COC(=O)c1cn(C2CN(C(=O)c3ccc(NC(=O)NC(C)C)cc3)C2)nn1. The minimum absolute atomic E-state index is 0.0319. The van der Waals surface area contributed by atoms with Crippen LogP contribution in [-0.4, -0.2) is 64.0 Å². The van der Waals surface area contributed by atoms with E-state index >= 15 is 0 Å². The van der Waals surface area contributed by atoms with Crippen LogP contribution in [0.5, 0.6) is 0 Å². The molecule has 10 nitrogen and oxygen atoms in total. The average Bonchev–Trinajstić information content (AvgIpc) is 3.09. The van der Waals surface area contributed by atoms with Crippen LogP contribution in [0, 0.1) is 0 Å². The van der Waals surface area contributed by atoms with E-state index in [1.807, 2.05) is 13.8 Å². The van der Waals surface area contributed by atoms with Gasteiger partial charge in [-0.05, 0) is 38.1 Å². The summed E-state index contributed by atoms with van der Waals surface area (Å²) in [5, 5.41) is 13.1. The predicted molar refractivity (Wildman–Crippen MR) is 100 cm³/mol. The lowest BCUT2D eigenvalue weighted by Crippen LogP contribution is -2.50. The number of methoxy groups -OCH3 is 1. The number of anilines is 1. The Morgan fingerprint density at radius 3 is 2.46 bits per heavy atom. The fourth-order valence-corrected chi connectivity index (χ4v) is 2.75. The first-order valence-corrected chi connectivity index (χ1v) is 8.84. The van der Waals surface area contributed by atoms with E-state index in [0.29, 0.717) is 24.3 Å². The molecule has 2 heterocycles. The molecule has 2 N–H and O–H groups in total. The van der Waals surface area contributed by atoms with Crippen LogP contribution >= 0.6 is 0 Å². The van der Waals surface area contributed by atoms with Crippen LogP contribution in [-0.2, 0) is 4.74 Å². The highest BCUT2D eigenvalue weighted by Crippen LogP contribution is 2.23. The molecule has 0 atom stereocenters. The first kappa shape index (κ1) is 19.3. The Balaban J connectivity index is 1.54. The second-order valence-electron chi connectivity index (χ2n) is 6.77. The number of ether oxygens (including phenoxy) is 1. The summed E-state index contributed by atoms with van der Waals surface area (Å²) in [6.45, 7) is 4.69. The second kappa shape index (κ2) is 8.07. The van der Waals surface area contributed by atoms with Gasteiger partial charge in [0.2, 0.25) is 0 Å². The van der Waals surface area contributed by atoms with E-state index in [2.05, 4.69) is 25.7 Å². The quantitative estimate of drug-likeness (QED) is 0.748. The highest BCUT2D eigenvalue weighted by Gasteiger charge is 2.33. The van der Waals surface area contributed by atoms with Gasteiger partial charge in [0.05, 0.1) is 19.3 Å². The molecule has 3 rings (SSSR count). The number of esters is 1. The van der Waals surface area contributed by atoms with Crippen molar-refractivity contribution in [1.29, 1.82) is 0 Å². The van der Waals surface area contributed by atoms with E-state index in [1.165, 1.54) is 13.3 Å². The highest BCUT2D eigenvalue weighted by molar-refractivity contribution is 5.96. The maximum atomic E-state index is 12.5. The summed E-state index contributed by atoms with van der Waals surface area (Å²) >= 11 is 0. The molecule has 0 saturated carbocycles. The van der Waals surface area contributed by atoms with Gasteiger partial charge in [-0.1, -0.05) is 5.21 Å². The van der Waals surface area contributed by atoms with Crippen molar-refractivity contribution in [2.75, 3.05) is 25.5 Å². The summed E-state index contributed by atoms with van der Waals surface area (Å²) < 4.78 is 6.17. The summed E-state index contributed by atoms with van der Waals surface area (Å²) in [5.74, 6) is -0.656. The van der Waals surface area contributed by atoms with Crippen LogP contribution < -0.4 is 10.6 Å². The molecule has 0 unspecified atom stereocenters. The molecular formula is C18H22N6O4. The summed E-state index contributed by atoms with van der Waals surface area (Å²) in [5.41, 5.74) is 1.27. The molecule has 3 amide bonds. The number of carbonyl (C=O) groups excluding carboxylic acids is 3. The van der Waals surface area contributed by atoms with Gasteiger partial charge in [0, 0.05) is 30.4 Å². The molecule has 28 heavy (non-hydrogen) atoms. The van der Waals surface area contributed by atoms with Crippen molar-refractivity contribution >= 4 is 23.6 Å². The van der Waals surface area contributed by atoms with Crippen LogP contribution in [0.15, 0.2) is 30.5 Å². The van der Waals surface area contributed by atoms with E-state index in [9.17, 15) is 14.4 Å². The molecule has 148 valence electrons. The third-order valence-electron chi connectivity index (χ3n) is 4.24. The topological polar surface area (TPSA) is 118 Å². The maximum absolute atomic E-state index is 12.5. The van der Waals surface area contributed by atoms with E-state index in [0.717, 1.165) is 0 Å². The van der Waals surface area contributed by atoms with Gasteiger partial charge in [-0.3, -0.25) is 4.79 Å². The molecule has 10 heteroatoms. The second-order valence-corrected chi connectivity index (χ2v) is 6.77. The lowest BCUT2D eigenvalue weighted by Gasteiger charge is -2.38. The van der Waals surface area contributed by atoms with Gasteiger partial charge in [-0.2, -0.15) is 0 Å². The number of likely N-dealkylation sites (tertiary alicyclic amines) is 1. The van der Waals surface area contributed by atoms with Gasteiger partial charge in [-0.15, -0.1) is 5.10 Å². The Bertz CT molecular complexity index is 870. The van der Waals surface area contributed by atoms with E-state index in [1.54, 1.807) is 33.8 Å². The van der Waals surface area contributed by atoms with E-state index < -0.39 is 5.97 Å². The largest absolute Gasteiger partial charge is 0.464 e. The highest BCUT2D eigenvalue weighted by atomic mass is 16.5. The third-order valence-corrected chi connectivity index (χ3v) is 4.24. The van der Waals surface area contributed by atoms with Gasteiger partial charge >= 0.3 is 12.0 Å².